The van der Waals surface area contributed by atoms with Gasteiger partial charge in [-0.15, -0.1) is 0 Å². The summed E-state index contributed by atoms with van der Waals surface area (Å²) in [4.78, 5) is 2.38. The zero-order valence-corrected chi connectivity index (χ0v) is 13.7. The van der Waals surface area contributed by atoms with E-state index in [0.717, 1.165) is 12.1 Å². The molecule has 0 spiro atoms. The van der Waals surface area contributed by atoms with Crippen LogP contribution in [0.1, 0.15) is 39.3 Å². The first kappa shape index (κ1) is 16.6. The van der Waals surface area contributed by atoms with Gasteiger partial charge in [0.15, 0.2) is 0 Å². The van der Waals surface area contributed by atoms with Crippen molar-refractivity contribution >= 4 is 15.9 Å². The molecule has 0 aliphatic heterocycles. The van der Waals surface area contributed by atoms with Crippen LogP contribution in [0, 0.1) is 11.7 Å². The molecular formula is C15H24BrFN2. The fourth-order valence-electron chi connectivity index (χ4n) is 2.30. The first-order valence-corrected chi connectivity index (χ1v) is 7.56. The summed E-state index contributed by atoms with van der Waals surface area (Å²) in [5.41, 5.74) is 7.02. The summed E-state index contributed by atoms with van der Waals surface area (Å²) >= 11 is 3.25. The molecule has 0 saturated heterocycles. The molecular weight excluding hydrogens is 307 g/mol. The van der Waals surface area contributed by atoms with Gasteiger partial charge in [0, 0.05) is 25.2 Å². The van der Waals surface area contributed by atoms with Crippen molar-refractivity contribution in [1.82, 2.24) is 4.90 Å². The van der Waals surface area contributed by atoms with Crippen LogP contribution < -0.4 is 5.73 Å². The second-order valence-electron chi connectivity index (χ2n) is 5.61. The van der Waals surface area contributed by atoms with Gasteiger partial charge in [-0.05, 0) is 53.4 Å². The zero-order chi connectivity index (χ0) is 14.6. The normalized spacial score (nSPS) is 13.6. The van der Waals surface area contributed by atoms with E-state index in [0.29, 0.717) is 23.0 Å². The van der Waals surface area contributed by atoms with Crippen LogP contribution in [-0.4, -0.2) is 24.0 Å². The lowest BCUT2D eigenvalue weighted by molar-refractivity contribution is 0.138. The van der Waals surface area contributed by atoms with Gasteiger partial charge in [-0.3, -0.25) is 4.90 Å². The molecule has 1 unspecified atom stereocenters. The average Bonchev–Trinajstić information content (AvgIpc) is 2.32. The molecule has 1 aromatic rings. The molecule has 0 fully saturated rings. The highest BCUT2D eigenvalue weighted by atomic mass is 79.9. The van der Waals surface area contributed by atoms with Crippen LogP contribution in [0.2, 0.25) is 0 Å². The molecule has 0 amide bonds. The highest BCUT2D eigenvalue weighted by Crippen LogP contribution is 2.27. The Morgan fingerprint density at radius 3 is 2.32 bits per heavy atom. The smallest absolute Gasteiger partial charge is 0.137 e. The Bertz CT molecular complexity index is 407. The van der Waals surface area contributed by atoms with Crippen LogP contribution in [0.15, 0.2) is 22.7 Å². The molecule has 1 rings (SSSR count). The molecule has 0 aromatic heterocycles. The zero-order valence-electron chi connectivity index (χ0n) is 12.2. The molecule has 0 aliphatic carbocycles. The maximum Gasteiger partial charge on any atom is 0.137 e. The Labute approximate surface area is 124 Å². The molecule has 0 radical (unpaired) electrons. The number of rotatable bonds is 6. The van der Waals surface area contributed by atoms with E-state index in [1.165, 1.54) is 6.07 Å². The summed E-state index contributed by atoms with van der Waals surface area (Å²) in [6, 6.07) is 5.69. The summed E-state index contributed by atoms with van der Waals surface area (Å²) < 4.78 is 13.8. The number of hydrogen-bond donors (Lipinski definition) is 1. The Morgan fingerprint density at radius 1 is 1.26 bits per heavy atom. The van der Waals surface area contributed by atoms with Gasteiger partial charge in [0.25, 0.3) is 0 Å². The third-order valence-corrected chi connectivity index (χ3v) is 3.80. The molecule has 2 N–H and O–H groups in total. The van der Waals surface area contributed by atoms with Gasteiger partial charge in [-0.1, -0.05) is 19.9 Å². The lowest BCUT2D eigenvalue weighted by Crippen LogP contribution is -2.40. The standard InChI is InChI=1S/C15H24BrFN2/c1-10(2)9-19(11(3)4)15(8-18)12-5-6-14(17)13(16)7-12/h5-7,10-11,15H,8-9,18H2,1-4H3. The highest BCUT2D eigenvalue weighted by molar-refractivity contribution is 9.10. The van der Waals surface area contributed by atoms with Crippen LogP contribution in [0.3, 0.4) is 0 Å². The average molecular weight is 331 g/mol. The fourth-order valence-corrected chi connectivity index (χ4v) is 2.70. The topological polar surface area (TPSA) is 29.3 Å². The second kappa shape index (κ2) is 7.36. The first-order valence-electron chi connectivity index (χ1n) is 6.77. The largest absolute Gasteiger partial charge is 0.329 e. The van der Waals surface area contributed by atoms with Crippen LogP contribution in [0.4, 0.5) is 4.39 Å². The van der Waals surface area contributed by atoms with Gasteiger partial charge in [0.1, 0.15) is 5.82 Å². The van der Waals surface area contributed by atoms with E-state index in [-0.39, 0.29) is 11.9 Å². The van der Waals surface area contributed by atoms with Crippen LogP contribution in [0.5, 0.6) is 0 Å². The number of benzene rings is 1. The highest BCUT2D eigenvalue weighted by Gasteiger charge is 2.23. The van der Waals surface area contributed by atoms with Gasteiger partial charge in [-0.2, -0.15) is 0 Å². The van der Waals surface area contributed by atoms with Gasteiger partial charge < -0.3 is 5.73 Å². The molecule has 19 heavy (non-hydrogen) atoms. The second-order valence-corrected chi connectivity index (χ2v) is 6.46. The molecule has 2 nitrogen and oxygen atoms in total. The SMILES string of the molecule is CC(C)CN(C(C)C)C(CN)c1ccc(F)c(Br)c1. The third kappa shape index (κ3) is 4.55. The van der Waals surface area contributed by atoms with Crippen LogP contribution in [0.25, 0.3) is 0 Å². The van der Waals surface area contributed by atoms with E-state index < -0.39 is 0 Å². The molecule has 4 heteroatoms. The Balaban J connectivity index is 3.04. The predicted molar refractivity (Wildman–Crippen MR) is 82.6 cm³/mol. The van der Waals surface area contributed by atoms with E-state index in [1.807, 2.05) is 12.1 Å². The minimum atomic E-state index is -0.237. The van der Waals surface area contributed by atoms with Crippen molar-refractivity contribution in [2.45, 2.75) is 39.8 Å². The van der Waals surface area contributed by atoms with Crippen LogP contribution >= 0.6 is 15.9 Å². The van der Waals surface area contributed by atoms with Gasteiger partial charge in [0.2, 0.25) is 0 Å². The van der Waals surface area contributed by atoms with E-state index in [4.69, 9.17) is 5.73 Å². The number of nitrogens with zero attached hydrogens (tertiary/aromatic N) is 1. The Hall–Kier alpha value is -0.450. The molecule has 108 valence electrons. The first-order chi connectivity index (χ1) is 8.86. The molecule has 0 heterocycles. The fraction of sp³-hybridized carbons (Fsp3) is 0.600. The summed E-state index contributed by atoms with van der Waals surface area (Å²) in [6.07, 6.45) is 0. The minimum Gasteiger partial charge on any atom is -0.329 e. The molecule has 0 aliphatic rings. The van der Waals surface area contributed by atoms with E-state index in [2.05, 4.69) is 48.5 Å². The lowest BCUT2D eigenvalue weighted by Gasteiger charge is -2.36. The van der Waals surface area contributed by atoms with Crippen molar-refractivity contribution in [1.29, 1.82) is 0 Å². The van der Waals surface area contributed by atoms with Crippen molar-refractivity contribution < 1.29 is 4.39 Å². The minimum absolute atomic E-state index is 0.124. The number of nitrogens with two attached hydrogens (primary N) is 1. The summed E-state index contributed by atoms with van der Waals surface area (Å²) in [5.74, 6) is 0.333. The van der Waals surface area contributed by atoms with Gasteiger partial charge in [0.05, 0.1) is 4.47 Å². The van der Waals surface area contributed by atoms with E-state index >= 15 is 0 Å². The monoisotopic (exact) mass is 330 g/mol. The maximum atomic E-state index is 13.3. The molecule has 0 saturated carbocycles. The van der Waals surface area contributed by atoms with Gasteiger partial charge in [-0.25, -0.2) is 4.39 Å². The number of hydrogen-bond acceptors (Lipinski definition) is 2. The predicted octanol–water partition coefficient (Wildman–Crippen LogP) is 3.95. The van der Waals surface area contributed by atoms with E-state index in [9.17, 15) is 4.39 Å². The maximum absolute atomic E-state index is 13.3. The van der Waals surface area contributed by atoms with Crippen molar-refractivity contribution in [3.05, 3.63) is 34.1 Å². The van der Waals surface area contributed by atoms with Crippen molar-refractivity contribution in [2.24, 2.45) is 11.7 Å². The Morgan fingerprint density at radius 2 is 1.89 bits per heavy atom. The van der Waals surface area contributed by atoms with Crippen molar-refractivity contribution in [3.8, 4) is 0 Å². The lowest BCUT2D eigenvalue weighted by atomic mass is 10.0. The quantitative estimate of drug-likeness (QED) is 0.855. The summed E-state index contributed by atoms with van der Waals surface area (Å²) in [6.45, 7) is 10.2. The van der Waals surface area contributed by atoms with Crippen molar-refractivity contribution in [3.63, 3.8) is 0 Å². The summed E-state index contributed by atoms with van der Waals surface area (Å²) in [5, 5.41) is 0. The molecule has 1 atom stereocenters. The number of halogens is 2. The van der Waals surface area contributed by atoms with E-state index in [1.54, 1.807) is 0 Å². The van der Waals surface area contributed by atoms with Crippen molar-refractivity contribution in [2.75, 3.05) is 13.1 Å². The van der Waals surface area contributed by atoms with Crippen LogP contribution in [-0.2, 0) is 0 Å². The Kier molecular flexibility index (Phi) is 6.43. The molecule has 0 bridgehead atoms. The molecule has 1 aromatic carbocycles. The van der Waals surface area contributed by atoms with Gasteiger partial charge >= 0.3 is 0 Å². The summed E-state index contributed by atoms with van der Waals surface area (Å²) in [7, 11) is 0. The third-order valence-electron chi connectivity index (χ3n) is 3.19.